The van der Waals surface area contributed by atoms with Crippen LogP contribution in [0.5, 0.6) is 0 Å². The molecule has 3 aromatic rings. The lowest BCUT2D eigenvalue weighted by atomic mass is 10.1. The average molecular weight is 358 g/mol. The summed E-state index contributed by atoms with van der Waals surface area (Å²) in [5, 5.41) is 6.14. The van der Waals surface area contributed by atoms with Gasteiger partial charge in [-0.25, -0.2) is 9.67 Å². The van der Waals surface area contributed by atoms with Crippen molar-refractivity contribution in [3.05, 3.63) is 60.0 Å². The summed E-state index contributed by atoms with van der Waals surface area (Å²) in [6.45, 7) is 2.04. The molecule has 0 bridgehead atoms. The van der Waals surface area contributed by atoms with Crippen molar-refractivity contribution in [1.82, 2.24) is 19.7 Å². The fourth-order valence-electron chi connectivity index (χ4n) is 2.27. The van der Waals surface area contributed by atoms with Gasteiger partial charge in [0.2, 0.25) is 5.91 Å². The van der Waals surface area contributed by atoms with Crippen LogP contribution in [-0.2, 0) is 4.79 Å². The van der Waals surface area contributed by atoms with Crippen molar-refractivity contribution in [3.63, 3.8) is 0 Å². The maximum absolute atomic E-state index is 12.4. The van der Waals surface area contributed by atoms with E-state index in [9.17, 15) is 4.79 Å². The van der Waals surface area contributed by atoms with Gasteiger partial charge in [0.05, 0.1) is 21.7 Å². The zero-order valence-corrected chi connectivity index (χ0v) is 15.1. The molecule has 0 aliphatic rings. The lowest BCUT2D eigenvalue weighted by molar-refractivity contribution is -0.128. The maximum atomic E-state index is 12.4. The van der Waals surface area contributed by atoms with E-state index >= 15 is 0 Å². The number of thiophene rings is 1. The molecule has 124 valence electrons. The quantitative estimate of drug-likeness (QED) is 0.631. The molecule has 0 aliphatic heterocycles. The molecule has 0 unspecified atom stereocenters. The fourth-order valence-corrected chi connectivity index (χ4v) is 3.98. The summed E-state index contributed by atoms with van der Waals surface area (Å²) >= 11 is 3.25. The maximum Gasteiger partial charge on any atom is 0.233 e. The van der Waals surface area contributed by atoms with Gasteiger partial charge < -0.3 is 4.90 Å². The Labute approximate surface area is 149 Å². The second kappa shape index (κ2) is 7.63. The van der Waals surface area contributed by atoms with Crippen molar-refractivity contribution in [2.75, 3.05) is 12.8 Å². The van der Waals surface area contributed by atoms with Gasteiger partial charge in [-0.2, -0.15) is 5.10 Å². The Morgan fingerprint density at radius 2 is 2.12 bits per heavy atom. The molecule has 1 amide bonds. The number of aromatic nitrogens is 3. The molecule has 2 heterocycles. The van der Waals surface area contributed by atoms with E-state index in [1.54, 1.807) is 39.0 Å². The van der Waals surface area contributed by atoms with Crippen LogP contribution in [0.15, 0.2) is 58.6 Å². The standard InChI is InChI=1S/C17H18N4OS2/c1-13(20(2)16(22)10-24-17-4-3-9-23-17)14-5-7-15(8-6-14)21-12-18-11-19-21/h3-9,11-13H,10H2,1-2H3/t13-/m0/s1. The molecule has 1 atom stereocenters. The van der Waals surface area contributed by atoms with E-state index in [1.165, 1.54) is 10.5 Å². The van der Waals surface area contributed by atoms with Gasteiger partial charge in [0.15, 0.2) is 0 Å². The third kappa shape index (κ3) is 3.85. The summed E-state index contributed by atoms with van der Waals surface area (Å²) < 4.78 is 2.88. The monoisotopic (exact) mass is 358 g/mol. The summed E-state index contributed by atoms with van der Waals surface area (Å²) in [7, 11) is 1.85. The van der Waals surface area contributed by atoms with E-state index in [0.717, 1.165) is 11.3 Å². The van der Waals surface area contributed by atoms with Gasteiger partial charge in [0.25, 0.3) is 0 Å². The van der Waals surface area contributed by atoms with Gasteiger partial charge in [0.1, 0.15) is 12.7 Å². The summed E-state index contributed by atoms with van der Waals surface area (Å²) in [4.78, 5) is 18.1. The van der Waals surface area contributed by atoms with Crippen LogP contribution in [0.25, 0.3) is 5.69 Å². The molecule has 0 saturated carbocycles. The van der Waals surface area contributed by atoms with Gasteiger partial charge in [-0.3, -0.25) is 4.79 Å². The molecule has 0 spiro atoms. The first-order valence-corrected chi connectivity index (χ1v) is 9.38. The van der Waals surface area contributed by atoms with Crippen molar-refractivity contribution in [3.8, 4) is 5.69 Å². The molecule has 3 rings (SSSR count). The SMILES string of the molecule is C[C@@H](c1ccc(-n2cncn2)cc1)N(C)C(=O)CSc1cccs1. The first kappa shape index (κ1) is 16.7. The van der Waals surface area contributed by atoms with Crippen LogP contribution in [0.1, 0.15) is 18.5 Å². The number of nitrogens with zero attached hydrogens (tertiary/aromatic N) is 4. The minimum absolute atomic E-state index is 0.0197. The third-order valence-corrected chi connectivity index (χ3v) is 5.98. The molecule has 0 fully saturated rings. The van der Waals surface area contributed by atoms with Gasteiger partial charge in [-0.1, -0.05) is 18.2 Å². The van der Waals surface area contributed by atoms with Crippen LogP contribution in [0.2, 0.25) is 0 Å². The number of benzene rings is 1. The zero-order chi connectivity index (χ0) is 16.9. The minimum atomic E-state index is 0.0197. The Bertz CT molecular complexity index is 770. The summed E-state index contributed by atoms with van der Waals surface area (Å²) in [5.74, 6) is 0.583. The van der Waals surface area contributed by atoms with Crippen LogP contribution in [-0.4, -0.2) is 38.4 Å². The Morgan fingerprint density at radius 1 is 1.33 bits per heavy atom. The summed E-state index contributed by atoms with van der Waals surface area (Å²) in [5.41, 5.74) is 2.04. The molecular formula is C17H18N4OS2. The fraction of sp³-hybridized carbons (Fsp3) is 0.235. The number of amides is 1. The highest BCUT2D eigenvalue weighted by Crippen LogP contribution is 2.25. The number of hydrogen-bond donors (Lipinski definition) is 0. The van der Waals surface area contributed by atoms with Gasteiger partial charge >= 0.3 is 0 Å². The van der Waals surface area contributed by atoms with Crippen molar-refractivity contribution in [1.29, 1.82) is 0 Å². The van der Waals surface area contributed by atoms with Crippen LogP contribution in [0.3, 0.4) is 0 Å². The Morgan fingerprint density at radius 3 is 2.75 bits per heavy atom. The largest absolute Gasteiger partial charge is 0.338 e. The Kier molecular flexibility index (Phi) is 5.32. The first-order chi connectivity index (χ1) is 11.6. The normalized spacial score (nSPS) is 12.1. The molecule has 2 aromatic heterocycles. The number of rotatable bonds is 6. The van der Waals surface area contributed by atoms with E-state index in [4.69, 9.17) is 0 Å². The number of carbonyl (C=O) groups excluding carboxylic acids is 1. The number of carbonyl (C=O) groups is 1. The molecular weight excluding hydrogens is 340 g/mol. The zero-order valence-electron chi connectivity index (χ0n) is 13.5. The highest BCUT2D eigenvalue weighted by molar-refractivity contribution is 8.01. The van der Waals surface area contributed by atoms with Crippen LogP contribution in [0, 0.1) is 0 Å². The third-order valence-electron chi connectivity index (χ3n) is 3.87. The molecule has 0 saturated heterocycles. The smallest absolute Gasteiger partial charge is 0.233 e. The lowest BCUT2D eigenvalue weighted by Gasteiger charge is -2.25. The first-order valence-electron chi connectivity index (χ1n) is 7.52. The van der Waals surface area contributed by atoms with Gasteiger partial charge in [-0.15, -0.1) is 23.1 Å². The second-order valence-corrected chi connectivity index (χ2v) is 7.56. The van der Waals surface area contributed by atoms with Crippen LogP contribution in [0.4, 0.5) is 0 Å². The van der Waals surface area contributed by atoms with Crippen LogP contribution < -0.4 is 0 Å². The minimum Gasteiger partial charge on any atom is -0.338 e. The van der Waals surface area contributed by atoms with Crippen molar-refractivity contribution < 1.29 is 4.79 Å². The van der Waals surface area contributed by atoms with E-state index in [-0.39, 0.29) is 11.9 Å². The predicted molar refractivity (Wildman–Crippen MR) is 97.6 cm³/mol. The van der Waals surface area contributed by atoms with E-state index < -0.39 is 0 Å². The predicted octanol–water partition coefficient (Wildman–Crippen LogP) is 3.64. The van der Waals surface area contributed by atoms with Crippen molar-refractivity contribution >= 4 is 29.0 Å². The second-order valence-electron chi connectivity index (χ2n) is 5.33. The molecule has 0 aliphatic carbocycles. The highest BCUT2D eigenvalue weighted by atomic mass is 32.2. The van der Waals surface area contributed by atoms with E-state index in [0.29, 0.717) is 5.75 Å². The summed E-state index contributed by atoms with van der Waals surface area (Å²) in [6, 6.07) is 12.1. The average Bonchev–Trinajstić information content (AvgIpc) is 3.32. The molecule has 5 nitrogen and oxygen atoms in total. The molecule has 0 N–H and O–H groups in total. The van der Waals surface area contributed by atoms with E-state index in [1.807, 2.05) is 55.7 Å². The number of thioether (sulfide) groups is 1. The van der Waals surface area contributed by atoms with Gasteiger partial charge in [0, 0.05) is 7.05 Å². The molecule has 1 aromatic carbocycles. The van der Waals surface area contributed by atoms with Gasteiger partial charge in [-0.05, 0) is 36.1 Å². The molecule has 7 heteroatoms. The highest BCUT2D eigenvalue weighted by Gasteiger charge is 2.17. The lowest BCUT2D eigenvalue weighted by Crippen LogP contribution is -2.31. The summed E-state index contributed by atoms with van der Waals surface area (Å²) in [6.07, 6.45) is 3.17. The Hall–Kier alpha value is -2.12. The molecule has 24 heavy (non-hydrogen) atoms. The van der Waals surface area contributed by atoms with Crippen molar-refractivity contribution in [2.45, 2.75) is 17.2 Å². The van der Waals surface area contributed by atoms with Crippen LogP contribution >= 0.6 is 23.1 Å². The Balaban J connectivity index is 1.62. The van der Waals surface area contributed by atoms with Crippen molar-refractivity contribution in [2.24, 2.45) is 0 Å². The van der Waals surface area contributed by atoms with E-state index in [2.05, 4.69) is 10.1 Å². The number of hydrogen-bond acceptors (Lipinski definition) is 5. The topological polar surface area (TPSA) is 51.0 Å². The molecule has 0 radical (unpaired) electrons.